The van der Waals surface area contributed by atoms with Gasteiger partial charge in [0.1, 0.15) is 6.04 Å². The van der Waals surface area contributed by atoms with Crippen molar-refractivity contribution in [1.82, 2.24) is 14.5 Å². The molecule has 0 saturated carbocycles. The fourth-order valence-electron chi connectivity index (χ4n) is 1.87. The van der Waals surface area contributed by atoms with E-state index < -0.39 is 22.0 Å². The summed E-state index contributed by atoms with van der Waals surface area (Å²) < 4.78 is 25.5. The van der Waals surface area contributed by atoms with E-state index in [1.807, 2.05) is 6.26 Å². The summed E-state index contributed by atoms with van der Waals surface area (Å²) in [7, 11) is -2.18. The highest BCUT2D eigenvalue weighted by Crippen LogP contribution is 2.27. The van der Waals surface area contributed by atoms with Crippen molar-refractivity contribution in [3.8, 4) is 0 Å². The molecule has 1 atom stereocenters. The van der Waals surface area contributed by atoms with Crippen LogP contribution in [-0.4, -0.2) is 48.4 Å². The van der Waals surface area contributed by atoms with Crippen LogP contribution in [0.2, 0.25) is 0 Å². The van der Waals surface area contributed by atoms with Gasteiger partial charge in [0.2, 0.25) is 21.1 Å². The van der Waals surface area contributed by atoms with Crippen LogP contribution in [0.25, 0.3) is 0 Å². The fraction of sp³-hybridized carbons (Fsp3) is 0.308. The van der Waals surface area contributed by atoms with E-state index in [0.717, 1.165) is 10.6 Å². The number of carbonyl (C=O) groups excluding carboxylic acids is 1. The lowest BCUT2D eigenvalue weighted by Crippen LogP contribution is -2.38. The Balaban J connectivity index is 2.31. The molecule has 1 aromatic carbocycles. The van der Waals surface area contributed by atoms with E-state index in [2.05, 4.69) is 15.5 Å². The van der Waals surface area contributed by atoms with Gasteiger partial charge >= 0.3 is 0 Å². The number of carbonyl (C=O) groups is 1. The SMILES string of the molecule is CSc1nnc(NC(=O)C(c2ccccc2)N(C)S(C)(=O)=O)s1. The molecule has 1 aromatic heterocycles. The molecule has 2 rings (SSSR count). The number of sulfonamides is 1. The number of hydrogen-bond donors (Lipinski definition) is 1. The van der Waals surface area contributed by atoms with E-state index in [-0.39, 0.29) is 0 Å². The second-order valence-corrected chi connectivity index (χ2v) is 8.73. The summed E-state index contributed by atoms with van der Waals surface area (Å²) in [6.45, 7) is 0. The second-order valence-electron chi connectivity index (χ2n) is 4.66. The summed E-state index contributed by atoms with van der Waals surface area (Å²) >= 11 is 2.65. The van der Waals surface area contributed by atoms with Gasteiger partial charge in [0.05, 0.1) is 6.26 Å². The molecule has 2 aromatic rings. The van der Waals surface area contributed by atoms with Crippen molar-refractivity contribution in [2.24, 2.45) is 0 Å². The Morgan fingerprint density at radius 2 is 1.96 bits per heavy atom. The Bertz CT molecular complexity index is 777. The Morgan fingerprint density at radius 1 is 1.30 bits per heavy atom. The monoisotopic (exact) mass is 372 g/mol. The standard InChI is InChI=1S/C13H16N4O3S3/c1-17(23(3,19)20)10(9-7-5-4-6-8-9)11(18)14-12-15-16-13(21-2)22-12/h4-8,10H,1-3H3,(H,14,15,18). The number of likely N-dealkylation sites (N-methyl/N-ethyl adjacent to an activating group) is 1. The molecule has 0 bridgehead atoms. The molecule has 124 valence electrons. The van der Waals surface area contributed by atoms with Gasteiger partial charge in [-0.25, -0.2) is 8.42 Å². The van der Waals surface area contributed by atoms with E-state index >= 15 is 0 Å². The first kappa shape index (κ1) is 17.9. The number of hydrogen-bond acceptors (Lipinski definition) is 7. The van der Waals surface area contributed by atoms with Crippen molar-refractivity contribution in [1.29, 1.82) is 0 Å². The molecule has 1 N–H and O–H groups in total. The third-order valence-electron chi connectivity index (χ3n) is 3.06. The first-order valence-corrected chi connectivity index (χ1v) is 10.4. The minimum absolute atomic E-state index is 0.335. The van der Waals surface area contributed by atoms with Gasteiger partial charge in [-0.2, -0.15) is 4.31 Å². The second kappa shape index (κ2) is 7.39. The third kappa shape index (κ3) is 4.50. The summed E-state index contributed by atoms with van der Waals surface area (Å²) in [6, 6.07) is 7.74. The largest absolute Gasteiger partial charge is 0.299 e. The fourth-order valence-corrected chi connectivity index (χ4v) is 3.64. The van der Waals surface area contributed by atoms with Crippen molar-refractivity contribution in [3.63, 3.8) is 0 Å². The molecule has 0 fully saturated rings. The maximum Gasteiger partial charge on any atom is 0.249 e. The van der Waals surface area contributed by atoms with E-state index in [4.69, 9.17) is 0 Å². The average Bonchev–Trinajstić information content (AvgIpc) is 2.95. The van der Waals surface area contributed by atoms with Gasteiger partial charge in [-0.3, -0.25) is 10.1 Å². The molecule has 1 amide bonds. The van der Waals surface area contributed by atoms with Crippen LogP contribution in [0.3, 0.4) is 0 Å². The van der Waals surface area contributed by atoms with E-state index in [9.17, 15) is 13.2 Å². The molecule has 10 heteroatoms. The number of thioether (sulfide) groups is 1. The highest BCUT2D eigenvalue weighted by atomic mass is 32.2. The predicted molar refractivity (Wildman–Crippen MR) is 92.1 cm³/mol. The molecular weight excluding hydrogens is 356 g/mol. The summed E-state index contributed by atoms with van der Waals surface area (Å²) in [5, 5.41) is 10.7. The van der Waals surface area contributed by atoms with Gasteiger partial charge in [0.25, 0.3) is 0 Å². The highest BCUT2D eigenvalue weighted by Gasteiger charge is 2.31. The molecule has 0 aliphatic heterocycles. The zero-order valence-corrected chi connectivity index (χ0v) is 15.2. The van der Waals surface area contributed by atoms with Crippen LogP contribution in [0.15, 0.2) is 34.7 Å². The van der Waals surface area contributed by atoms with Crippen molar-refractivity contribution >= 4 is 44.2 Å². The van der Waals surface area contributed by atoms with Gasteiger partial charge in [0, 0.05) is 7.05 Å². The smallest absolute Gasteiger partial charge is 0.249 e. The van der Waals surface area contributed by atoms with Crippen molar-refractivity contribution in [2.45, 2.75) is 10.4 Å². The number of nitrogens with one attached hydrogen (secondary N) is 1. The maximum absolute atomic E-state index is 12.6. The first-order valence-electron chi connectivity index (χ1n) is 6.49. The Hall–Kier alpha value is -1.49. The molecule has 23 heavy (non-hydrogen) atoms. The van der Waals surface area contributed by atoms with Crippen LogP contribution < -0.4 is 5.32 Å². The third-order valence-corrected chi connectivity index (χ3v) is 6.13. The number of benzene rings is 1. The Labute approximate surface area is 143 Å². The van der Waals surface area contributed by atoms with Gasteiger partial charge in [-0.1, -0.05) is 53.4 Å². The lowest BCUT2D eigenvalue weighted by atomic mass is 10.1. The summed E-state index contributed by atoms with van der Waals surface area (Å²) in [4.78, 5) is 12.6. The molecule has 0 aliphatic carbocycles. The van der Waals surface area contributed by atoms with Gasteiger partial charge in [-0.15, -0.1) is 10.2 Å². The van der Waals surface area contributed by atoms with Crippen LogP contribution in [0.1, 0.15) is 11.6 Å². The normalized spacial score (nSPS) is 13.0. The number of nitrogens with zero attached hydrogens (tertiary/aromatic N) is 3. The first-order chi connectivity index (χ1) is 10.8. The quantitative estimate of drug-likeness (QED) is 0.614. The molecule has 1 unspecified atom stereocenters. The minimum Gasteiger partial charge on any atom is -0.299 e. The Morgan fingerprint density at radius 3 is 2.48 bits per heavy atom. The maximum atomic E-state index is 12.6. The van der Waals surface area contributed by atoms with E-state index in [1.54, 1.807) is 30.3 Å². The van der Waals surface area contributed by atoms with Crippen LogP contribution in [-0.2, 0) is 14.8 Å². The summed E-state index contributed by atoms with van der Waals surface area (Å²) in [6.07, 6.45) is 2.92. The van der Waals surface area contributed by atoms with Gasteiger partial charge < -0.3 is 0 Å². The highest BCUT2D eigenvalue weighted by molar-refractivity contribution is 8.00. The van der Waals surface area contributed by atoms with Crippen molar-refractivity contribution < 1.29 is 13.2 Å². The lowest BCUT2D eigenvalue weighted by Gasteiger charge is -2.25. The zero-order valence-electron chi connectivity index (χ0n) is 12.8. The number of amides is 1. The zero-order chi connectivity index (χ0) is 17.0. The van der Waals surface area contributed by atoms with E-state index in [0.29, 0.717) is 15.0 Å². The van der Waals surface area contributed by atoms with Crippen molar-refractivity contribution in [2.75, 3.05) is 24.9 Å². The molecular formula is C13H16N4O3S3. The van der Waals surface area contributed by atoms with Crippen LogP contribution in [0.5, 0.6) is 0 Å². The predicted octanol–water partition coefficient (Wildman–Crippen LogP) is 1.83. The van der Waals surface area contributed by atoms with Gasteiger partial charge in [0.15, 0.2) is 4.34 Å². The van der Waals surface area contributed by atoms with Crippen molar-refractivity contribution in [3.05, 3.63) is 35.9 Å². The number of anilines is 1. The molecule has 0 radical (unpaired) electrons. The van der Waals surface area contributed by atoms with Crippen LogP contribution in [0, 0.1) is 0 Å². The lowest BCUT2D eigenvalue weighted by molar-refractivity contribution is -0.119. The average molecular weight is 372 g/mol. The summed E-state index contributed by atoms with van der Waals surface area (Å²) in [5.74, 6) is -0.479. The topological polar surface area (TPSA) is 92.3 Å². The summed E-state index contributed by atoms with van der Waals surface area (Å²) in [5.41, 5.74) is 0.576. The molecule has 0 spiro atoms. The van der Waals surface area contributed by atoms with Crippen LogP contribution >= 0.6 is 23.1 Å². The molecule has 7 nitrogen and oxygen atoms in total. The molecule has 0 saturated heterocycles. The number of aromatic nitrogens is 2. The van der Waals surface area contributed by atoms with E-state index in [1.165, 1.54) is 30.1 Å². The molecule has 0 aliphatic rings. The Kier molecular flexibility index (Phi) is 5.74. The minimum atomic E-state index is -3.55. The molecule has 1 heterocycles. The number of rotatable bonds is 6. The van der Waals surface area contributed by atoms with Gasteiger partial charge in [-0.05, 0) is 11.8 Å². The van der Waals surface area contributed by atoms with Crippen LogP contribution in [0.4, 0.5) is 5.13 Å².